The fraction of sp³-hybridized carbons (Fsp3) is 1.00. The molecule has 0 rings (SSSR count). The molecule has 0 spiro atoms. The number of unbranched alkanes of at least 4 members (excludes halogenated alkanes) is 2. The van der Waals surface area contributed by atoms with E-state index in [-0.39, 0.29) is 0 Å². The number of rotatable bonds is 12. The predicted octanol–water partition coefficient (Wildman–Crippen LogP) is 4.97. The minimum absolute atomic E-state index is 0.574. The Balaban J connectivity index is 4.04. The van der Waals surface area contributed by atoms with Crippen molar-refractivity contribution in [2.45, 2.75) is 59.3 Å². The Labute approximate surface area is 117 Å². The Morgan fingerprint density at radius 2 is 1.17 bits per heavy atom. The lowest BCUT2D eigenvalue weighted by Crippen LogP contribution is -2.14. The van der Waals surface area contributed by atoms with E-state index in [2.05, 4.69) is 39.8 Å². The van der Waals surface area contributed by atoms with Crippen LogP contribution in [0.3, 0.4) is 0 Å². The summed E-state index contributed by atoms with van der Waals surface area (Å²) < 4.78 is 0. The summed E-state index contributed by atoms with van der Waals surface area (Å²) >= 11 is 0. The molecule has 110 valence electrons. The van der Waals surface area contributed by atoms with Crippen LogP contribution in [0.15, 0.2) is 0 Å². The number of hydrogen-bond donors (Lipinski definition) is 0. The van der Waals surface area contributed by atoms with E-state index in [0.29, 0.717) is 0 Å². The van der Waals surface area contributed by atoms with Gasteiger partial charge in [-0.15, -0.1) is 0 Å². The minimum Gasteiger partial charge on any atom is -0.309 e. The minimum atomic E-state index is -0.574. The Morgan fingerprint density at radius 3 is 1.56 bits per heavy atom. The molecular formula is C16H37NP+. The van der Waals surface area contributed by atoms with Crippen LogP contribution >= 0.6 is 7.26 Å². The fourth-order valence-corrected chi connectivity index (χ4v) is 8.23. The van der Waals surface area contributed by atoms with Crippen LogP contribution in [0.4, 0.5) is 0 Å². The molecule has 0 aromatic rings. The van der Waals surface area contributed by atoms with E-state index in [0.717, 1.165) is 0 Å². The second-order valence-corrected chi connectivity index (χ2v) is 10.6. The molecular weight excluding hydrogens is 237 g/mol. The molecule has 0 saturated carbocycles. The van der Waals surface area contributed by atoms with E-state index in [1.165, 1.54) is 45.1 Å². The van der Waals surface area contributed by atoms with Crippen LogP contribution in [0.25, 0.3) is 0 Å². The van der Waals surface area contributed by atoms with Crippen molar-refractivity contribution in [3.8, 4) is 0 Å². The van der Waals surface area contributed by atoms with Crippen molar-refractivity contribution in [2.75, 3.05) is 45.3 Å². The fourth-order valence-electron chi connectivity index (χ4n) is 3.15. The lowest BCUT2D eigenvalue weighted by molar-refractivity contribution is 0.393. The molecule has 0 aliphatic heterocycles. The second-order valence-electron chi connectivity index (χ2n) is 6.10. The van der Waals surface area contributed by atoms with Gasteiger partial charge in [-0.25, -0.2) is 0 Å². The molecule has 0 N–H and O–H groups in total. The Kier molecular flexibility index (Phi) is 11.5. The summed E-state index contributed by atoms with van der Waals surface area (Å²) in [7, 11) is 3.79. The van der Waals surface area contributed by atoms with Crippen molar-refractivity contribution < 1.29 is 0 Å². The first-order valence-electron chi connectivity index (χ1n) is 8.10. The van der Waals surface area contributed by atoms with Crippen LogP contribution in [0, 0.1) is 0 Å². The molecule has 0 aromatic heterocycles. The van der Waals surface area contributed by atoms with E-state index < -0.39 is 7.26 Å². The second kappa shape index (κ2) is 11.2. The molecule has 0 aliphatic rings. The average molecular weight is 274 g/mol. The molecule has 0 fully saturated rings. The summed E-state index contributed by atoms with van der Waals surface area (Å²) in [4.78, 5) is 2.31. The maximum Gasteiger partial charge on any atom is 0.0594 e. The van der Waals surface area contributed by atoms with Crippen molar-refractivity contribution in [3.05, 3.63) is 0 Å². The summed E-state index contributed by atoms with van der Waals surface area (Å²) in [5, 5.41) is 0. The van der Waals surface area contributed by atoms with Gasteiger partial charge in [-0.2, -0.15) is 0 Å². The highest BCUT2D eigenvalue weighted by atomic mass is 31.2. The third kappa shape index (κ3) is 8.48. The van der Waals surface area contributed by atoms with Crippen LogP contribution in [0.2, 0.25) is 0 Å². The highest BCUT2D eigenvalue weighted by molar-refractivity contribution is 7.75. The van der Waals surface area contributed by atoms with Gasteiger partial charge in [0.25, 0.3) is 0 Å². The van der Waals surface area contributed by atoms with E-state index in [9.17, 15) is 0 Å². The molecule has 0 unspecified atom stereocenters. The Bertz CT molecular complexity index is 163. The molecule has 0 radical (unpaired) electrons. The van der Waals surface area contributed by atoms with Gasteiger partial charge in [-0.05, 0) is 59.2 Å². The van der Waals surface area contributed by atoms with E-state index in [1.807, 2.05) is 0 Å². The van der Waals surface area contributed by atoms with Crippen molar-refractivity contribution >= 4 is 7.26 Å². The van der Waals surface area contributed by atoms with Gasteiger partial charge in [0, 0.05) is 7.26 Å². The Hall–Kier alpha value is 0.390. The highest BCUT2D eigenvalue weighted by Gasteiger charge is 2.33. The molecule has 0 heterocycles. The topological polar surface area (TPSA) is 3.24 Å². The van der Waals surface area contributed by atoms with Crippen LogP contribution < -0.4 is 0 Å². The summed E-state index contributed by atoms with van der Waals surface area (Å²) in [5.74, 6) is 0. The van der Waals surface area contributed by atoms with E-state index >= 15 is 0 Å². The van der Waals surface area contributed by atoms with Crippen molar-refractivity contribution in [1.82, 2.24) is 4.90 Å². The molecule has 0 aliphatic carbocycles. The van der Waals surface area contributed by atoms with Gasteiger partial charge >= 0.3 is 0 Å². The zero-order valence-electron chi connectivity index (χ0n) is 13.7. The van der Waals surface area contributed by atoms with Crippen LogP contribution in [-0.2, 0) is 0 Å². The van der Waals surface area contributed by atoms with Crippen LogP contribution in [0.5, 0.6) is 0 Å². The number of hydrogen-bond acceptors (Lipinski definition) is 1. The molecule has 0 aromatic carbocycles. The highest BCUT2D eigenvalue weighted by Crippen LogP contribution is 2.60. The molecule has 18 heavy (non-hydrogen) atoms. The molecule has 1 nitrogen and oxygen atoms in total. The summed E-state index contributed by atoms with van der Waals surface area (Å²) in [6, 6.07) is 0. The van der Waals surface area contributed by atoms with E-state index in [1.54, 1.807) is 24.6 Å². The van der Waals surface area contributed by atoms with Gasteiger partial charge < -0.3 is 4.90 Å². The quantitative estimate of drug-likeness (QED) is 0.359. The zero-order chi connectivity index (χ0) is 13.9. The monoisotopic (exact) mass is 274 g/mol. The predicted molar refractivity (Wildman–Crippen MR) is 89.7 cm³/mol. The number of nitrogens with zero attached hydrogens (tertiary/aromatic N) is 1. The zero-order valence-corrected chi connectivity index (χ0v) is 14.6. The molecule has 0 saturated heterocycles. The van der Waals surface area contributed by atoms with Crippen LogP contribution in [0.1, 0.15) is 59.3 Å². The van der Waals surface area contributed by atoms with Gasteiger partial charge in [0.2, 0.25) is 0 Å². The SMILES string of the molecule is CCC[P+](CCC)(CCC)CCCCCN(C)C. The van der Waals surface area contributed by atoms with Gasteiger partial charge in [0.15, 0.2) is 0 Å². The van der Waals surface area contributed by atoms with Gasteiger partial charge in [0.05, 0.1) is 24.6 Å². The molecule has 0 bridgehead atoms. The standard InChI is InChI=1S/C16H37NP/c1-6-13-18(14-7-2,15-8-3)16-11-9-10-12-17(4)5/h6-16H2,1-5H3/q+1. The molecule has 0 amide bonds. The summed E-state index contributed by atoms with van der Waals surface area (Å²) in [5.41, 5.74) is 0. The normalized spacial score (nSPS) is 12.3. The lowest BCUT2D eigenvalue weighted by atomic mass is 10.2. The third-order valence-electron chi connectivity index (χ3n) is 3.83. The summed E-state index contributed by atoms with van der Waals surface area (Å²) in [6.07, 6.45) is 14.8. The van der Waals surface area contributed by atoms with Crippen molar-refractivity contribution in [2.24, 2.45) is 0 Å². The van der Waals surface area contributed by atoms with E-state index in [4.69, 9.17) is 0 Å². The van der Waals surface area contributed by atoms with Gasteiger partial charge in [-0.1, -0.05) is 20.8 Å². The first-order chi connectivity index (χ1) is 8.60. The molecule has 0 atom stereocenters. The van der Waals surface area contributed by atoms with Gasteiger partial charge in [0.1, 0.15) is 0 Å². The van der Waals surface area contributed by atoms with Crippen molar-refractivity contribution in [3.63, 3.8) is 0 Å². The summed E-state index contributed by atoms with van der Waals surface area (Å²) in [6.45, 7) is 8.41. The lowest BCUT2D eigenvalue weighted by Gasteiger charge is -2.27. The Morgan fingerprint density at radius 1 is 0.667 bits per heavy atom. The maximum absolute atomic E-state index is 2.38. The largest absolute Gasteiger partial charge is 0.309 e. The molecule has 2 heteroatoms. The average Bonchev–Trinajstić information content (AvgIpc) is 2.29. The van der Waals surface area contributed by atoms with Crippen molar-refractivity contribution in [1.29, 1.82) is 0 Å². The first-order valence-corrected chi connectivity index (χ1v) is 10.6. The maximum atomic E-state index is 2.38. The van der Waals surface area contributed by atoms with Crippen LogP contribution in [-0.4, -0.2) is 50.2 Å². The smallest absolute Gasteiger partial charge is 0.0594 e. The third-order valence-corrected chi connectivity index (χ3v) is 9.28. The first kappa shape index (κ1) is 18.4. The van der Waals surface area contributed by atoms with Gasteiger partial charge in [-0.3, -0.25) is 0 Å².